The maximum atomic E-state index is 12.3. The molecule has 1 aliphatic rings. The van der Waals surface area contributed by atoms with E-state index in [4.69, 9.17) is 9.47 Å². The van der Waals surface area contributed by atoms with E-state index in [0.29, 0.717) is 12.8 Å². The molecule has 136 valence electrons. The molecule has 1 saturated carbocycles. The van der Waals surface area contributed by atoms with Gasteiger partial charge in [0.1, 0.15) is 13.1 Å². The van der Waals surface area contributed by atoms with Crippen LogP contribution in [0.5, 0.6) is 0 Å². The fourth-order valence-corrected chi connectivity index (χ4v) is 2.76. The lowest BCUT2D eigenvalue weighted by Gasteiger charge is -2.29. The van der Waals surface area contributed by atoms with Gasteiger partial charge >= 0.3 is 11.9 Å². The number of hydrogen-bond donors (Lipinski definition) is 2. The van der Waals surface area contributed by atoms with Crippen molar-refractivity contribution in [2.45, 2.75) is 39.5 Å². The molecular weight excluding hydrogens is 316 g/mol. The molecule has 0 aromatic rings. The van der Waals surface area contributed by atoms with Crippen LogP contribution in [0.15, 0.2) is 0 Å². The first-order chi connectivity index (χ1) is 11.5. The summed E-state index contributed by atoms with van der Waals surface area (Å²) >= 11 is 0. The molecular formula is C16H26N2O6. The molecule has 2 N–H and O–H groups in total. The minimum absolute atomic E-state index is 0.208. The van der Waals surface area contributed by atoms with E-state index in [9.17, 15) is 19.2 Å². The van der Waals surface area contributed by atoms with Gasteiger partial charge in [0.25, 0.3) is 0 Å². The fourth-order valence-electron chi connectivity index (χ4n) is 2.76. The Morgan fingerprint density at radius 3 is 1.50 bits per heavy atom. The van der Waals surface area contributed by atoms with E-state index in [2.05, 4.69) is 10.6 Å². The second-order valence-corrected chi connectivity index (χ2v) is 5.54. The van der Waals surface area contributed by atoms with Crippen molar-refractivity contribution in [1.29, 1.82) is 0 Å². The molecule has 2 atom stereocenters. The number of carbonyl (C=O) groups excluding carboxylic acids is 4. The number of rotatable bonds is 8. The smallest absolute Gasteiger partial charge is 0.325 e. The first kappa shape index (κ1) is 19.9. The van der Waals surface area contributed by atoms with Gasteiger partial charge in [-0.2, -0.15) is 0 Å². The summed E-state index contributed by atoms with van der Waals surface area (Å²) < 4.78 is 9.51. The summed E-state index contributed by atoms with van der Waals surface area (Å²) in [6.07, 6.45) is 2.84. The summed E-state index contributed by atoms with van der Waals surface area (Å²) in [6, 6.07) is 0. The Morgan fingerprint density at radius 1 is 0.792 bits per heavy atom. The molecule has 0 saturated heterocycles. The number of esters is 2. The molecule has 2 amide bonds. The highest BCUT2D eigenvalue weighted by Gasteiger charge is 2.35. The van der Waals surface area contributed by atoms with Crippen LogP contribution in [0.1, 0.15) is 39.5 Å². The van der Waals surface area contributed by atoms with Gasteiger partial charge in [0.05, 0.1) is 13.2 Å². The van der Waals surface area contributed by atoms with Gasteiger partial charge in [-0.1, -0.05) is 12.8 Å². The normalized spacial score (nSPS) is 19.9. The summed E-state index contributed by atoms with van der Waals surface area (Å²) in [4.78, 5) is 47.2. The molecule has 1 fully saturated rings. The van der Waals surface area contributed by atoms with Gasteiger partial charge in [0.15, 0.2) is 0 Å². The van der Waals surface area contributed by atoms with Crippen LogP contribution < -0.4 is 10.6 Å². The van der Waals surface area contributed by atoms with Crippen molar-refractivity contribution in [2.24, 2.45) is 11.8 Å². The van der Waals surface area contributed by atoms with Crippen molar-refractivity contribution >= 4 is 23.8 Å². The Balaban J connectivity index is 2.54. The number of hydrogen-bond acceptors (Lipinski definition) is 6. The summed E-state index contributed by atoms with van der Waals surface area (Å²) in [5.74, 6) is -2.70. The van der Waals surface area contributed by atoms with Crippen LogP contribution in [0.3, 0.4) is 0 Å². The van der Waals surface area contributed by atoms with Gasteiger partial charge in [-0.15, -0.1) is 0 Å². The van der Waals surface area contributed by atoms with Gasteiger partial charge in [0, 0.05) is 11.8 Å². The molecule has 0 radical (unpaired) electrons. The minimum Gasteiger partial charge on any atom is -0.465 e. The molecule has 0 heterocycles. The topological polar surface area (TPSA) is 111 Å². The van der Waals surface area contributed by atoms with Crippen molar-refractivity contribution in [3.8, 4) is 0 Å². The lowest BCUT2D eigenvalue weighted by molar-refractivity contribution is -0.146. The fraction of sp³-hybridized carbons (Fsp3) is 0.750. The number of ether oxygens (including phenoxy) is 2. The highest BCUT2D eigenvalue weighted by Crippen LogP contribution is 2.30. The molecule has 1 aliphatic carbocycles. The molecule has 0 aromatic carbocycles. The summed E-state index contributed by atoms with van der Waals surface area (Å²) in [5.41, 5.74) is 0. The lowest BCUT2D eigenvalue weighted by atomic mass is 9.78. The molecule has 0 spiro atoms. The second-order valence-electron chi connectivity index (χ2n) is 5.54. The van der Waals surface area contributed by atoms with E-state index in [1.54, 1.807) is 13.8 Å². The van der Waals surface area contributed by atoms with Gasteiger partial charge < -0.3 is 20.1 Å². The minimum atomic E-state index is -0.509. The van der Waals surface area contributed by atoms with Gasteiger partial charge in [-0.3, -0.25) is 19.2 Å². The molecule has 0 bridgehead atoms. The summed E-state index contributed by atoms with van der Waals surface area (Å²) in [7, 11) is 0. The Bertz CT molecular complexity index is 423. The zero-order valence-corrected chi connectivity index (χ0v) is 14.3. The van der Waals surface area contributed by atoms with E-state index >= 15 is 0 Å². The van der Waals surface area contributed by atoms with Gasteiger partial charge in [0.2, 0.25) is 11.8 Å². The van der Waals surface area contributed by atoms with Crippen LogP contribution in [0.2, 0.25) is 0 Å². The second kappa shape index (κ2) is 10.6. The third-order valence-electron chi connectivity index (χ3n) is 3.86. The first-order valence-corrected chi connectivity index (χ1v) is 8.36. The van der Waals surface area contributed by atoms with Crippen LogP contribution in [-0.4, -0.2) is 50.1 Å². The lowest BCUT2D eigenvalue weighted by Crippen LogP contribution is -2.45. The third-order valence-corrected chi connectivity index (χ3v) is 3.86. The standard InChI is InChI=1S/C16H26N2O6/c1-3-23-13(19)9-17-15(21)11-7-5-6-8-12(11)16(22)18-10-14(20)24-4-2/h11-12H,3-10H2,1-2H3,(H,17,21)(H,18,22)/t11-,12-/m1/s1. The van der Waals surface area contributed by atoms with E-state index in [-0.39, 0.29) is 38.1 Å². The molecule has 8 nitrogen and oxygen atoms in total. The van der Waals surface area contributed by atoms with Crippen LogP contribution in [0.25, 0.3) is 0 Å². The van der Waals surface area contributed by atoms with E-state index in [1.807, 2.05) is 0 Å². The van der Waals surface area contributed by atoms with Crippen molar-refractivity contribution in [3.05, 3.63) is 0 Å². The molecule has 0 aliphatic heterocycles. The predicted molar refractivity (Wildman–Crippen MR) is 84.7 cm³/mol. The highest BCUT2D eigenvalue weighted by atomic mass is 16.5. The Hall–Kier alpha value is -2.12. The Labute approximate surface area is 141 Å². The van der Waals surface area contributed by atoms with Gasteiger partial charge in [-0.05, 0) is 26.7 Å². The SMILES string of the molecule is CCOC(=O)CNC(=O)[C@@H]1CCCC[C@H]1C(=O)NCC(=O)OCC. The zero-order valence-electron chi connectivity index (χ0n) is 14.3. The molecule has 0 aromatic heterocycles. The van der Waals surface area contributed by atoms with Crippen LogP contribution in [0, 0.1) is 11.8 Å². The van der Waals surface area contributed by atoms with Crippen molar-refractivity contribution in [1.82, 2.24) is 10.6 Å². The summed E-state index contributed by atoms with van der Waals surface area (Å²) in [6.45, 7) is 3.45. The van der Waals surface area contributed by atoms with E-state index in [0.717, 1.165) is 12.8 Å². The average molecular weight is 342 g/mol. The number of amides is 2. The zero-order chi connectivity index (χ0) is 17.9. The van der Waals surface area contributed by atoms with Crippen LogP contribution in [-0.2, 0) is 28.7 Å². The molecule has 8 heteroatoms. The average Bonchev–Trinajstić information content (AvgIpc) is 2.58. The number of nitrogens with one attached hydrogen (secondary N) is 2. The Kier molecular flexibility index (Phi) is 8.81. The monoisotopic (exact) mass is 342 g/mol. The quantitative estimate of drug-likeness (QED) is 0.608. The van der Waals surface area contributed by atoms with Crippen molar-refractivity contribution < 1.29 is 28.7 Å². The van der Waals surface area contributed by atoms with Gasteiger partial charge in [-0.25, -0.2) is 0 Å². The van der Waals surface area contributed by atoms with E-state index in [1.165, 1.54) is 0 Å². The van der Waals surface area contributed by atoms with E-state index < -0.39 is 23.8 Å². The van der Waals surface area contributed by atoms with Crippen molar-refractivity contribution in [2.75, 3.05) is 26.3 Å². The third kappa shape index (κ3) is 6.55. The molecule has 1 rings (SSSR count). The number of carbonyl (C=O) groups is 4. The Morgan fingerprint density at radius 2 is 1.17 bits per heavy atom. The maximum absolute atomic E-state index is 12.3. The highest BCUT2D eigenvalue weighted by molar-refractivity contribution is 5.90. The summed E-state index contributed by atoms with van der Waals surface area (Å²) in [5, 5.41) is 5.04. The molecule has 24 heavy (non-hydrogen) atoms. The predicted octanol–water partition coefficient (Wildman–Crippen LogP) is 0.151. The first-order valence-electron chi connectivity index (χ1n) is 8.36. The van der Waals surface area contributed by atoms with Crippen LogP contribution in [0.4, 0.5) is 0 Å². The maximum Gasteiger partial charge on any atom is 0.325 e. The molecule has 0 unspecified atom stereocenters. The van der Waals surface area contributed by atoms with Crippen LogP contribution >= 0.6 is 0 Å². The largest absolute Gasteiger partial charge is 0.465 e. The van der Waals surface area contributed by atoms with Crippen molar-refractivity contribution in [3.63, 3.8) is 0 Å².